The lowest BCUT2D eigenvalue weighted by molar-refractivity contribution is -0.117. The highest BCUT2D eigenvalue weighted by molar-refractivity contribution is 7.12. The van der Waals surface area contributed by atoms with Crippen LogP contribution in [0.15, 0.2) is 35.7 Å². The second-order valence-corrected chi connectivity index (χ2v) is 5.23. The maximum absolute atomic E-state index is 13.4. The molecule has 0 aliphatic carbocycles. The Morgan fingerprint density at radius 1 is 1.24 bits per heavy atom. The van der Waals surface area contributed by atoms with Crippen molar-refractivity contribution in [3.63, 3.8) is 0 Å². The molecule has 2 amide bonds. The predicted octanol–water partition coefficient (Wildman–Crippen LogP) is 2.78. The number of carbonyl (C=O) groups is 2. The van der Waals surface area contributed by atoms with Gasteiger partial charge in [-0.15, -0.1) is 11.3 Å². The van der Waals surface area contributed by atoms with Crippen LogP contribution in [0.25, 0.3) is 0 Å². The van der Waals surface area contributed by atoms with Crippen LogP contribution < -0.4 is 10.6 Å². The van der Waals surface area contributed by atoms with Crippen molar-refractivity contribution >= 4 is 28.8 Å². The number of hydrogen-bond acceptors (Lipinski definition) is 3. The largest absolute Gasteiger partial charge is 0.340 e. The second-order valence-electron chi connectivity index (χ2n) is 4.29. The van der Waals surface area contributed by atoms with Gasteiger partial charge in [-0.1, -0.05) is 6.07 Å². The van der Waals surface area contributed by atoms with E-state index in [0.29, 0.717) is 10.9 Å². The van der Waals surface area contributed by atoms with E-state index in [0.717, 1.165) is 12.1 Å². The van der Waals surface area contributed by atoms with Gasteiger partial charge in [-0.2, -0.15) is 0 Å². The van der Waals surface area contributed by atoms with Crippen LogP contribution >= 0.6 is 11.3 Å². The molecule has 1 atom stereocenters. The Bertz CT molecular complexity index is 659. The van der Waals surface area contributed by atoms with Gasteiger partial charge in [0, 0.05) is 6.07 Å². The van der Waals surface area contributed by atoms with Crippen LogP contribution in [0.3, 0.4) is 0 Å². The standard InChI is InChI=1S/C14H12F2N2O2S/c1-8(17-14(20)12-3-2-6-21-12)13(19)18-11-5-4-9(15)7-10(11)16/h2-8H,1H3,(H,17,20)(H,18,19). The van der Waals surface area contributed by atoms with Gasteiger partial charge in [0.1, 0.15) is 17.7 Å². The number of anilines is 1. The number of rotatable bonds is 4. The van der Waals surface area contributed by atoms with Crippen molar-refractivity contribution in [1.29, 1.82) is 0 Å². The number of carbonyl (C=O) groups excluding carboxylic acids is 2. The fraction of sp³-hybridized carbons (Fsp3) is 0.143. The summed E-state index contributed by atoms with van der Waals surface area (Å²) in [5.41, 5.74) is -0.140. The van der Waals surface area contributed by atoms with E-state index in [9.17, 15) is 18.4 Å². The molecule has 2 N–H and O–H groups in total. The van der Waals surface area contributed by atoms with E-state index in [1.165, 1.54) is 18.3 Å². The Morgan fingerprint density at radius 3 is 2.62 bits per heavy atom. The first kappa shape index (κ1) is 15.1. The van der Waals surface area contributed by atoms with Gasteiger partial charge < -0.3 is 10.6 Å². The van der Waals surface area contributed by atoms with Crippen LogP contribution in [0.2, 0.25) is 0 Å². The monoisotopic (exact) mass is 310 g/mol. The lowest BCUT2D eigenvalue weighted by atomic mass is 10.2. The van der Waals surface area contributed by atoms with Crippen LogP contribution in [0.4, 0.5) is 14.5 Å². The van der Waals surface area contributed by atoms with E-state index in [-0.39, 0.29) is 11.6 Å². The number of nitrogens with one attached hydrogen (secondary N) is 2. The average Bonchev–Trinajstić information content (AvgIpc) is 2.95. The maximum Gasteiger partial charge on any atom is 0.261 e. The summed E-state index contributed by atoms with van der Waals surface area (Å²) in [5.74, 6) is -2.58. The lowest BCUT2D eigenvalue weighted by Gasteiger charge is -2.14. The van der Waals surface area contributed by atoms with Crippen LogP contribution in [-0.2, 0) is 4.79 Å². The zero-order valence-electron chi connectivity index (χ0n) is 11.0. The molecule has 1 heterocycles. The van der Waals surface area contributed by atoms with E-state index in [1.54, 1.807) is 17.5 Å². The van der Waals surface area contributed by atoms with Gasteiger partial charge in [-0.25, -0.2) is 8.78 Å². The summed E-state index contributed by atoms with van der Waals surface area (Å²) in [6.45, 7) is 1.47. The number of halogens is 2. The molecule has 0 saturated heterocycles. The Balaban J connectivity index is 1.98. The van der Waals surface area contributed by atoms with Crippen molar-refractivity contribution in [3.05, 3.63) is 52.2 Å². The summed E-state index contributed by atoms with van der Waals surface area (Å²) in [6.07, 6.45) is 0. The molecule has 0 bridgehead atoms. The molecule has 21 heavy (non-hydrogen) atoms. The zero-order chi connectivity index (χ0) is 15.4. The number of benzene rings is 1. The summed E-state index contributed by atoms with van der Waals surface area (Å²) >= 11 is 1.25. The van der Waals surface area contributed by atoms with Crippen molar-refractivity contribution in [3.8, 4) is 0 Å². The summed E-state index contributed by atoms with van der Waals surface area (Å²) in [5, 5.41) is 6.54. The van der Waals surface area contributed by atoms with E-state index in [2.05, 4.69) is 10.6 Å². The number of amides is 2. The summed E-state index contributed by atoms with van der Waals surface area (Å²) in [4.78, 5) is 24.1. The van der Waals surface area contributed by atoms with Crippen LogP contribution in [-0.4, -0.2) is 17.9 Å². The van der Waals surface area contributed by atoms with E-state index in [4.69, 9.17) is 0 Å². The molecule has 0 spiro atoms. The lowest BCUT2D eigenvalue weighted by Crippen LogP contribution is -2.41. The van der Waals surface area contributed by atoms with Crippen molar-refractivity contribution in [1.82, 2.24) is 5.32 Å². The van der Waals surface area contributed by atoms with E-state index in [1.807, 2.05) is 0 Å². The van der Waals surface area contributed by atoms with Gasteiger partial charge in [0.25, 0.3) is 5.91 Å². The van der Waals surface area contributed by atoms with Crippen LogP contribution in [0.5, 0.6) is 0 Å². The van der Waals surface area contributed by atoms with Crippen molar-refractivity contribution < 1.29 is 18.4 Å². The smallest absolute Gasteiger partial charge is 0.261 e. The van der Waals surface area contributed by atoms with E-state index < -0.39 is 23.6 Å². The molecule has 2 rings (SSSR count). The minimum Gasteiger partial charge on any atom is -0.340 e. The highest BCUT2D eigenvalue weighted by atomic mass is 32.1. The molecular weight excluding hydrogens is 298 g/mol. The molecular formula is C14H12F2N2O2S. The minimum atomic E-state index is -0.875. The molecule has 2 aromatic rings. The summed E-state index contributed by atoms with van der Waals surface area (Å²) < 4.78 is 26.2. The predicted molar refractivity (Wildman–Crippen MR) is 76.2 cm³/mol. The first-order valence-electron chi connectivity index (χ1n) is 6.07. The molecule has 1 unspecified atom stereocenters. The van der Waals surface area contributed by atoms with Crippen LogP contribution in [0, 0.1) is 11.6 Å². The van der Waals surface area contributed by atoms with Gasteiger partial charge >= 0.3 is 0 Å². The average molecular weight is 310 g/mol. The van der Waals surface area contributed by atoms with Gasteiger partial charge in [0.2, 0.25) is 5.91 Å². The quantitative estimate of drug-likeness (QED) is 0.912. The molecule has 4 nitrogen and oxygen atoms in total. The first-order chi connectivity index (χ1) is 9.97. The zero-order valence-corrected chi connectivity index (χ0v) is 11.8. The fourth-order valence-electron chi connectivity index (χ4n) is 1.57. The van der Waals surface area contributed by atoms with Crippen molar-refractivity contribution in [2.24, 2.45) is 0 Å². The Labute approximate surface area is 123 Å². The Hall–Kier alpha value is -2.28. The molecule has 0 radical (unpaired) electrons. The highest BCUT2D eigenvalue weighted by Crippen LogP contribution is 2.15. The van der Waals surface area contributed by atoms with Crippen molar-refractivity contribution in [2.75, 3.05) is 5.32 Å². The van der Waals surface area contributed by atoms with Gasteiger partial charge in [0.05, 0.1) is 10.6 Å². The minimum absolute atomic E-state index is 0.140. The van der Waals surface area contributed by atoms with Gasteiger partial charge in [-0.3, -0.25) is 9.59 Å². The third kappa shape index (κ3) is 3.85. The number of thiophene rings is 1. The third-order valence-electron chi connectivity index (χ3n) is 2.67. The Morgan fingerprint density at radius 2 is 2.00 bits per heavy atom. The topological polar surface area (TPSA) is 58.2 Å². The van der Waals surface area contributed by atoms with Crippen LogP contribution in [0.1, 0.15) is 16.6 Å². The molecule has 110 valence electrons. The van der Waals surface area contributed by atoms with E-state index >= 15 is 0 Å². The maximum atomic E-state index is 13.4. The highest BCUT2D eigenvalue weighted by Gasteiger charge is 2.18. The molecule has 1 aromatic carbocycles. The molecule has 0 fully saturated rings. The normalized spacial score (nSPS) is 11.8. The molecule has 0 aliphatic rings. The second kappa shape index (κ2) is 6.45. The van der Waals surface area contributed by atoms with Crippen molar-refractivity contribution in [2.45, 2.75) is 13.0 Å². The molecule has 1 aromatic heterocycles. The molecule has 7 heteroatoms. The molecule has 0 aliphatic heterocycles. The third-order valence-corrected chi connectivity index (χ3v) is 3.54. The SMILES string of the molecule is CC(NC(=O)c1cccs1)C(=O)Nc1ccc(F)cc1F. The van der Waals surface area contributed by atoms with Gasteiger partial charge in [-0.05, 0) is 30.5 Å². The Kier molecular flexibility index (Phi) is 4.64. The van der Waals surface area contributed by atoms with Gasteiger partial charge in [0.15, 0.2) is 0 Å². The molecule has 0 saturated carbocycles. The number of hydrogen-bond donors (Lipinski definition) is 2. The first-order valence-corrected chi connectivity index (χ1v) is 6.95. The summed E-state index contributed by atoms with van der Waals surface area (Å²) in [7, 11) is 0. The summed E-state index contributed by atoms with van der Waals surface area (Å²) in [6, 6.07) is 5.32. The fourth-order valence-corrected chi connectivity index (χ4v) is 2.20.